The molecule has 0 bridgehead atoms. The molecule has 0 aromatic heterocycles. The van der Waals surface area contributed by atoms with Gasteiger partial charge in [-0.05, 0) is 61.7 Å². The molecule has 1 aromatic rings. The lowest BCUT2D eigenvalue weighted by atomic mass is 9.87. The molecule has 0 amide bonds. The SMILES string of the molecule is CCC1=NO[C@@H]([C@@H](C)O[Si](CC)(CC)CC)[C@@H]1Cc1cc(OC)ccc1Br. The largest absolute Gasteiger partial charge is 0.497 e. The summed E-state index contributed by atoms with van der Waals surface area (Å²) in [7, 11) is 0.0145. The molecule has 0 fully saturated rings. The van der Waals surface area contributed by atoms with Gasteiger partial charge in [-0.2, -0.15) is 0 Å². The fraction of sp³-hybridized carbons (Fsp3) is 0.667. The van der Waals surface area contributed by atoms with Crippen molar-refractivity contribution in [2.45, 2.75) is 77.8 Å². The molecule has 0 unspecified atom stereocenters. The fourth-order valence-corrected chi connectivity index (χ4v) is 7.30. The Morgan fingerprint density at radius 3 is 2.41 bits per heavy atom. The Morgan fingerprint density at radius 1 is 1.19 bits per heavy atom. The van der Waals surface area contributed by atoms with E-state index in [0.717, 1.165) is 46.9 Å². The summed E-state index contributed by atoms with van der Waals surface area (Å²) in [6.07, 6.45) is 1.77. The van der Waals surface area contributed by atoms with Crippen LogP contribution in [0.3, 0.4) is 0 Å². The highest BCUT2D eigenvalue weighted by Crippen LogP contribution is 2.34. The minimum Gasteiger partial charge on any atom is -0.497 e. The molecular formula is C21H34BrNO3Si. The summed E-state index contributed by atoms with van der Waals surface area (Å²) in [6, 6.07) is 9.55. The second kappa shape index (κ2) is 10.1. The van der Waals surface area contributed by atoms with Crippen LogP contribution in [0, 0.1) is 5.92 Å². The number of ether oxygens (including phenoxy) is 1. The molecule has 0 saturated carbocycles. The number of hydrogen-bond donors (Lipinski definition) is 0. The molecule has 1 aliphatic rings. The minimum absolute atomic E-state index is 0.0328. The molecule has 0 saturated heterocycles. The lowest BCUT2D eigenvalue weighted by Crippen LogP contribution is -2.45. The van der Waals surface area contributed by atoms with Gasteiger partial charge in [-0.25, -0.2) is 0 Å². The third-order valence-electron chi connectivity index (χ3n) is 6.00. The summed E-state index contributed by atoms with van der Waals surface area (Å²) in [5.41, 5.74) is 2.34. The first-order valence-electron chi connectivity index (χ1n) is 10.2. The van der Waals surface area contributed by atoms with Crippen molar-refractivity contribution in [1.82, 2.24) is 0 Å². The number of benzene rings is 1. The number of oxime groups is 1. The van der Waals surface area contributed by atoms with E-state index in [9.17, 15) is 0 Å². The molecule has 1 aromatic carbocycles. The van der Waals surface area contributed by atoms with Crippen molar-refractivity contribution in [3.63, 3.8) is 0 Å². The van der Waals surface area contributed by atoms with Gasteiger partial charge in [-0.1, -0.05) is 48.8 Å². The van der Waals surface area contributed by atoms with Crippen molar-refractivity contribution in [3.8, 4) is 5.75 Å². The Kier molecular flexibility index (Phi) is 8.37. The first-order chi connectivity index (χ1) is 12.9. The van der Waals surface area contributed by atoms with Gasteiger partial charge < -0.3 is 14.0 Å². The molecule has 0 aliphatic carbocycles. The van der Waals surface area contributed by atoms with Gasteiger partial charge in [-0.15, -0.1) is 0 Å². The van der Waals surface area contributed by atoms with Gasteiger partial charge >= 0.3 is 0 Å². The van der Waals surface area contributed by atoms with E-state index in [4.69, 9.17) is 14.0 Å². The standard InChI is InChI=1S/C21H34BrNO3Si/c1-7-20-18(14-16-13-17(24-6)11-12-19(16)22)21(25-23-20)15(5)26-27(8-2,9-3)10-4/h11-13,15,18,21H,7-10,14H2,1-6H3/t15-,18-,21+/m1/s1. The molecule has 27 heavy (non-hydrogen) atoms. The number of nitrogens with zero attached hydrogens (tertiary/aromatic N) is 1. The highest BCUT2D eigenvalue weighted by atomic mass is 79.9. The molecule has 0 spiro atoms. The van der Waals surface area contributed by atoms with Crippen LogP contribution in [-0.4, -0.2) is 33.3 Å². The van der Waals surface area contributed by atoms with Crippen molar-refractivity contribution >= 4 is 30.0 Å². The van der Waals surface area contributed by atoms with Gasteiger partial charge in [0.1, 0.15) is 5.75 Å². The maximum Gasteiger partial charge on any atom is 0.192 e. The van der Waals surface area contributed by atoms with Crippen LogP contribution in [0.4, 0.5) is 0 Å². The van der Waals surface area contributed by atoms with Gasteiger partial charge in [0.25, 0.3) is 0 Å². The van der Waals surface area contributed by atoms with Gasteiger partial charge in [0.05, 0.1) is 18.9 Å². The summed E-state index contributed by atoms with van der Waals surface area (Å²) in [5.74, 6) is 1.10. The zero-order chi connectivity index (χ0) is 20.0. The summed E-state index contributed by atoms with van der Waals surface area (Å²) < 4.78 is 13.2. The topological polar surface area (TPSA) is 40.0 Å². The minimum atomic E-state index is -1.69. The van der Waals surface area contributed by atoms with E-state index in [2.05, 4.69) is 61.8 Å². The number of hydrogen-bond acceptors (Lipinski definition) is 4. The van der Waals surface area contributed by atoms with E-state index in [-0.39, 0.29) is 18.1 Å². The van der Waals surface area contributed by atoms with E-state index in [1.165, 1.54) is 5.56 Å². The average molecular weight is 456 g/mol. The van der Waals surface area contributed by atoms with E-state index in [1.807, 2.05) is 12.1 Å². The van der Waals surface area contributed by atoms with Crippen molar-refractivity contribution in [2.24, 2.45) is 11.1 Å². The molecule has 4 nitrogen and oxygen atoms in total. The highest BCUT2D eigenvalue weighted by molar-refractivity contribution is 9.10. The van der Waals surface area contributed by atoms with Crippen LogP contribution in [0.2, 0.25) is 18.1 Å². The van der Waals surface area contributed by atoms with Crippen molar-refractivity contribution < 1.29 is 14.0 Å². The molecule has 3 atom stereocenters. The van der Waals surface area contributed by atoms with Crippen LogP contribution < -0.4 is 4.74 Å². The van der Waals surface area contributed by atoms with Crippen LogP contribution in [0.5, 0.6) is 5.75 Å². The average Bonchev–Trinajstić information content (AvgIpc) is 3.10. The summed E-state index contributed by atoms with van der Waals surface area (Å²) >= 11 is 3.69. The first-order valence-corrected chi connectivity index (χ1v) is 13.5. The molecular weight excluding hydrogens is 422 g/mol. The predicted octanol–water partition coefficient (Wildman–Crippen LogP) is 6.19. The molecule has 152 valence electrons. The number of rotatable bonds is 10. The van der Waals surface area contributed by atoms with Crippen LogP contribution in [-0.2, 0) is 15.7 Å². The molecule has 2 rings (SSSR count). The number of halogens is 1. The van der Waals surface area contributed by atoms with Gasteiger partial charge in [0.15, 0.2) is 14.4 Å². The molecule has 1 heterocycles. The van der Waals surface area contributed by atoms with E-state index in [1.54, 1.807) is 7.11 Å². The summed E-state index contributed by atoms with van der Waals surface area (Å²) in [4.78, 5) is 5.92. The van der Waals surface area contributed by atoms with Gasteiger partial charge in [-0.3, -0.25) is 0 Å². The van der Waals surface area contributed by atoms with Crippen LogP contribution in [0.25, 0.3) is 0 Å². The zero-order valence-corrected chi connectivity index (χ0v) is 20.1. The zero-order valence-electron chi connectivity index (χ0n) is 17.5. The summed E-state index contributed by atoms with van der Waals surface area (Å²) in [6.45, 7) is 11.1. The normalized spacial score (nSPS) is 20.9. The maximum atomic E-state index is 6.71. The van der Waals surface area contributed by atoms with E-state index < -0.39 is 8.32 Å². The van der Waals surface area contributed by atoms with Gasteiger partial charge in [0.2, 0.25) is 0 Å². The smallest absolute Gasteiger partial charge is 0.192 e. The molecule has 1 aliphatic heterocycles. The summed E-state index contributed by atoms with van der Waals surface area (Å²) in [5, 5.41) is 4.42. The Hall–Kier alpha value is -0.853. The number of methoxy groups -OCH3 is 1. The van der Waals surface area contributed by atoms with Crippen LogP contribution >= 0.6 is 15.9 Å². The van der Waals surface area contributed by atoms with Crippen LogP contribution in [0.1, 0.15) is 46.6 Å². The lowest BCUT2D eigenvalue weighted by Gasteiger charge is -2.35. The van der Waals surface area contributed by atoms with Crippen molar-refractivity contribution in [2.75, 3.05) is 7.11 Å². The third-order valence-corrected chi connectivity index (χ3v) is 11.5. The lowest BCUT2D eigenvalue weighted by molar-refractivity contribution is -0.0205. The van der Waals surface area contributed by atoms with Crippen molar-refractivity contribution in [1.29, 1.82) is 0 Å². The highest BCUT2D eigenvalue weighted by Gasteiger charge is 2.41. The first kappa shape index (κ1) is 22.4. The second-order valence-corrected chi connectivity index (χ2v) is 12.9. The maximum absolute atomic E-state index is 6.71. The Morgan fingerprint density at radius 2 is 1.85 bits per heavy atom. The Balaban J connectivity index is 2.22. The van der Waals surface area contributed by atoms with E-state index >= 15 is 0 Å². The Labute approximate surface area is 173 Å². The second-order valence-electron chi connectivity index (χ2n) is 7.34. The van der Waals surface area contributed by atoms with E-state index in [0.29, 0.717) is 0 Å². The molecule has 0 radical (unpaired) electrons. The predicted molar refractivity (Wildman–Crippen MR) is 118 cm³/mol. The fourth-order valence-electron chi connectivity index (χ4n) is 3.97. The quantitative estimate of drug-likeness (QED) is 0.394. The third kappa shape index (κ3) is 5.15. The molecule has 0 N–H and O–H groups in total. The van der Waals surface area contributed by atoms with Crippen molar-refractivity contribution in [3.05, 3.63) is 28.2 Å². The monoisotopic (exact) mass is 455 g/mol. The molecule has 6 heteroatoms. The Bertz CT molecular complexity index is 640. The van der Waals surface area contributed by atoms with Crippen LogP contribution in [0.15, 0.2) is 27.8 Å². The van der Waals surface area contributed by atoms with Gasteiger partial charge in [0, 0.05) is 10.4 Å².